The highest BCUT2D eigenvalue weighted by molar-refractivity contribution is 6.12. The minimum atomic E-state index is -1.03. The van der Waals surface area contributed by atoms with Crippen molar-refractivity contribution in [3.8, 4) is 0 Å². The van der Waals surface area contributed by atoms with Gasteiger partial charge in [0, 0.05) is 0 Å². The normalized spacial score (nSPS) is 13.0. The molecule has 0 spiro atoms. The van der Waals surface area contributed by atoms with Crippen molar-refractivity contribution in [2.45, 2.75) is 0 Å². The molecule has 0 saturated heterocycles. The number of nitrogen functional groups attached to an aromatic ring is 4. The lowest BCUT2D eigenvalue weighted by Crippen LogP contribution is -2.40. The fourth-order valence-corrected chi connectivity index (χ4v) is 3.52. The van der Waals surface area contributed by atoms with E-state index >= 15 is 0 Å². The highest BCUT2D eigenvalue weighted by Crippen LogP contribution is 2.60. The summed E-state index contributed by atoms with van der Waals surface area (Å²) in [4.78, 5) is 42.0. The molecule has 10 N–H and O–H groups in total. The van der Waals surface area contributed by atoms with E-state index in [-0.39, 0.29) is 11.4 Å². The Morgan fingerprint density at radius 2 is 0.812 bits per heavy atom. The van der Waals surface area contributed by atoms with Gasteiger partial charge in [-0.1, -0.05) is 0 Å². The van der Waals surface area contributed by atoms with Gasteiger partial charge in [-0.15, -0.1) is 0 Å². The molecule has 0 saturated carbocycles. The Hall–Kier alpha value is -5.56. The highest BCUT2D eigenvalue weighted by Gasteiger charge is 2.51. The van der Waals surface area contributed by atoms with Gasteiger partial charge in [-0.05, 0) is 0 Å². The number of rotatable bonds is 4. The molecule has 2 aromatic rings. The molecule has 0 aromatic heterocycles. The van der Waals surface area contributed by atoms with E-state index in [1.165, 1.54) is 0 Å². The molecule has 0 fully saturated rings. The lowest BCUT2D eigenvalue weighted by atomic mass is 10.1. The number of hydrogen-bond donors (Lipinski definition) is 6. The molecular formula is C12H10N12O8. The lowest BCUT2D eigenvalue weighted by Gasteiger charge is -2.21. The first-order chi connectivity index (χ1) is 14.9. The number of fused-ring (bicyclic) bond motifs is 5. The summed E-state index contributed by atoms with van der Waals surface area (Å²) in [7, 11) is 0. The average Bonchev–Trinajstić information content (AvgIpc) is 3.19. The SMILES string of the molecule is Nc1c2c(c([N+](=O)[O-])c(N)c1[N+](=O)[O-])N1Nc3c(N)c([N+](=O)[O-])c(N)c([N+](=O)[O-])c3N1N2. The van der Waals surface area contributed by atoms with Crippen LogP contribution in [0.3, 0.4) is 0 Å². The molecule has 0 unspecified atom stereocenters. The molecule has 166 valence electrons. The minimum absolute atomic E-state index is 0.374. The molecule has 20 heteroatoms. The molecule has 20 nitrogen and oxygen atoms in total. The third-order valence-electron chi connectivity index (χ3n) is 4.78. The summed E-state index contributed by atoms with van der Waals surface area (Å²) in [5, 5.41) is 47.7. The van der Waals surface area contributed by atoms with Crippen LogP contribution in [0, 0.1) is 40.5 Å². The van der Waals surface area contributed by atoms with E-state index in [2.05, 4.69) is 10.9 Å². The number of nitro benzene ring substituents is 4. The van der Waals surface area contributed by atoms with Crippen LogP contribution in [-0.2, 0) is 0 Å². The third kappa shape index (κ3) is 2.18. The molecule has 0 radical (unpaired) electrons. The summed E-state index contributed by atoms with van der Waals surface area (Å²) in [5.41, 5.74) is 19.3. The average molecular weight is 450 g/mol. The van der Waals surface area contributed by atoms with Crippen LogP contribution in [0.4, 0.5) is 68.2 Å². The van der Waals surface area contributed by atoms with Crippen LogP contribution >= 0.6 is 0 Å². The van der Waals surface area contributed by atoms with Crippen LogP contribution in [-0.4, -0.2) is 19.7 Å². The number of hydrazine groups is 3. The van der Waals surface area contributed by atoms with Crippen molar-refractivity contribution >= 4 is 68.2 Å². The first kappa shape index (κ1) is 19.7. The number of nitrogens with one attached hydrogen (secondary N) is 2. The van der Waals surface area contributed by atoms with Gasteiger partial charge in [0.1, 0.15) is 22.7 Å². The van der Waals surface area contributed by atoms with Gasteiger partial charge in [0.25, 0.3) is 0 Å². The number of benzene rings is 2. The maximum atomic E-state index is 11.7. The van der Waals surface area contributed by atoms with Crippen molar-refractivity contribution in [3.63, 3.8) is 0 Å². The number of nitro groups is 4. The van der Waals surface area contributed by atoms with Gasteiger partial charge in [-0.2, -0.15) is 10.2 Å². The van der Waals surface area contributed by atoms with Gasteiger partial charge >= 0.3 is 22.7 Å². The topological polar surface area (TPSA) is 307 Å². The summed E-state index contributed by atoms with van der Waals surface area (Å²) in [6.45, 7) is 0. The molecule has 2 aliphatic rings. The molecule has 0 amide bonds. The van der Waals surface area contributed by atoms with Gasteiger partial charge in [0.05, 0.1) is 19.7 Å². The Morgan fingerprint density at radius 3 is 1.06 bits per heavy atom. The van der Waals surface area contributed by atoms with Crippen molar-refractivity contribution in [2.24, 2.45) is 0 Å². The number of nitrogens with zero attached hydrogens (tertiary/aromatic N) is 6. The van der Waals surface area contributed by atoms with Crippen LogP contribution in [0.15, 0.2) is 0 Å². The quantitative estimate of drug-likeness (QED) is 0.210. The monoisotopic (exact) mass is 450 g/mol. The van der Waals surface area contributed by atoms with Crippen LogP contribution in [0.2, 0.25) is 0 Å². The summed E-state index contributed by atoms with van der Waals surface area (Å²) in [5.74, 6) is 0. The van der Waals surface area contributed by atoms with E-state index in [4.69, 9.17) is 22.9 Å². The Labute approximate surface area is 173 Å². The predicted molar refractivity (Wildman–Crippen MR) is 109 cm³/mol. The van der Waals surface area contributed by atoms with E-state index in [1.807, 2.05) is 0 Å². The van der Waals surface area contributed by atoms with Crippen molar-refractivity contribution in [2.75, 3.05) is 44.0 Å². The highest BCUT2D eigenvalue weighted by atomic mass is 16.6. The molecule has 0 bridgehead atoms. The molecule has 2 aliphatic heterocycles. The third-order valence-corrected chi connectivity index (χ3v) is 4.78. The van der Waals surface area contributed by atoms with E-state index in [1.54, 1.807) is 0 Å². The standard InChI is InChI=1S/C12H10N12O8/c13-1-5-11(9(23(29)30)3(15)7(1)21(25)26)19-18-6-2(14)8(22(27)28)4(16)10(24(31)32)12(6)20(19)17-5/h17-18H,13-16H2. The minimum Gasteiger partial charge on any atom is -0.391 e. The maximum absolute atomic E-state index is 11.7. The molecule has 4 rings (SSSR count). The van der Waals surface area contributed by atoms with Crippen LogP contribution < -0.4 is 44.0 Å². The van der Waals surface area contributed by atoms with Crippen LogP contribution in [0.1, 0.15) is 0 Å². The van der Waals surface area contributed by atoms with Crippen LogP contribution in [0.5, 0.6) is 0 Å². The molecular weight excluding hydrogens is 440 g/mol. The van der Waals surface area contributed by atoms with Gasteiger partial charge < -0.3 is 22.9 Å². The predicted octanol–water partition coefficient (Wildman–Crippen LogP) is 0.557. The number of nitrogens with two attached hydrogens (primary N) is 4. The van der Waals surface area contributed by atoms with Gasteiger partial charge in [0.15, 0.2) is 22.7 Å². The Balaban J connectivity index is 2.05. The summed E-state index contributed by atoms with van der Waals surface area (Å²) >= 11 is 0. The molecule has 32 heavy (non-hydrogen) atoms. The second-order valence-electron chi connectivity index (χ2n) is 6.37. The van der Waals surface area contributed by atoms with E-state index in [0.717, 1.165) is 10.2 Å². The molecule has 2 heterocycles. The van der Waals surface area contributed by atoms with Crippen molar-refractivity contribution < 1.29 is 19.7 Å². The fraction of sp³-hybridized carbons (Fsp3) is 0. The van der Waals surface area contributed by atoms with Gasteiger partial charge in [-0.25, -0.2) is 0 Å². The van der Waals surface area contributed by atoms with Crippen molar-refractivity contribution in [3.05, 3.63) is 40.5 Å². The van der Waals surface area contributed by atoms with Crippen molar-refractivity contribution in [1.82, 2.24) is 0 Å². The maximum Gasteiger partial charge on any atom is 0.328 e. The fourth-order valence-electron chi connectivity index (χ4n) is 3.52. The Morgan fingerprint density at radius 1 is 0.531 bits per heavy atom. The summed E-state index contributed by atoms with van der Waals surface area (Å²) in [6.07, 6.45) is 0. The van der Waals surface area contributed by atoms with E-state index in [9.17, 15) is 40.5 Å². The zero-order valence-corrected chi connectivity index (χ0v) is 15.3. The largest absolute Gasteiger partial charge is 0.391 e. The van der Waals surface area contributed by atoms with Crippen LogP contribution in [0.25, 0.3) is 0 Å². The zero-order chi connectivity index (χ0) is 23.8. The Bertz CT molecular complexity index is 1210. The van der Waals surface area contributed by atoms with Gasteiger partial charge in [0.2, 0.25) is 0 Å². The number of anilines is 8. The first-order valence-electron chi connectivity index (χ1n) is 8.10. The first-order valence-corrected chi connectivity index (χ1v) is 8.10. The van der Waals surface area contributed by atoms with Crippen molar-refractivity contribution in [1.29, 1.82) is 0 Å². The van der Waals surface area contributed by atoms with Gasteiger partial charge in [-0.3, -0.25) is 51.3 Å². The smallest absolute Gasteiger partial charge is 0.328 e. The lowest BCUT2D eigenvalue weighted by molar-refractivity contribution is -0.391. The molecule has 0 aliphatic carbocycles. The Kier molecular flexibility index (Phi) is 3.69. The number of hydrogen-bond acceptors (Lipinski definition) is 16. The molecule has 2 aromatic carbocycles. The second-order valence-corrected chi connectivity index (χ2v) is 6.37. The molecule has 0 atom stereocenters. The van der Waals surface area contributed by atoms with E-state index in [0.29, 0.717) is 0 Å². The summed E-state index contributed by atoms with van der Waals surface area (Å²) < 4.78 is 0. The second kappa shape index (κ2) is 5.97. The van der Waals surface area contributed by atoms with E-state index < -0.39 is 76.6 Å². The zero-order valence-electron chi connectivity index (χ0n) is 15.3. The summed E-state index contributed by atoms with van der Waals surface area (Å²) in [6, 6.07) is 0.